The molecule has 0 fully saturated rings. The minimum absolute atomic E-state index is 0.0398. The molecule has 0 atom stereocenters. The van der Waals surface area contributed by atoms with Gasteiger partial charge in [-0.15, -0.1) is 0 Å². The molecule has 0 amide bonds. The lowest BCUT2D eigenvalue weighted by molar-refractivity contribution is 0.596. The first kappa shape index (κ1) is 22.6. The van der Waals surface area contributed by atoms with Crippen LogP contribution in [0.25, 0.3) is 60.1 Å². The summed E-state index contributed by atoms with van der Waals surface area (Å²) in [6.07, 6.45) is 9.19. The third-order valence-corrected chi connectivity index (χ3v) is 9.51. The van der Waals surface area contributed by atoms with Crippen LogP contribution in [-0.4, -0.2) is 28.2 Å². The van der Waals surface area contributed by atoms with Crippen LogP contribution in [0.4, 0.5) is 0 Å². The van der Waals surface area contributed by atoms with Gasteiger partial charge in [-0.3, -0.25) is 4.98 Å². The first-order valence-corrected chi connectivity index (χ1v) is 15.8. The molecule has 7 aromatic rings. The van der Waals surface area contributed by atoms with Gasteiger partial charge in [-0.2, -0.15) is 0 Å². The van der Waals surface area contributed by atoms with E-state index in [9.17, 15) is 0 Å². The van der Waals surface area contributed by atoms with E-state index >= 15 is 0 Å². The minimum atomic E-state index is -0.803. The summed E-state index contributed by atoms with van der Waals surface area (Å²) in [4.78, 5) is 6.47. The zero-order valence-corrected chi connectivity index (χ0v) is 23.2. The van der Waals surface area contributed by atoms with Crippen LogP contribution in [-0.2, 0) is 5.41 Å². The lowest BCUT2D eigenvalue weighted by Crippen LogP contribution is -2.12. The average molecular weight is 501 g/mol. The fraction of sp³-hybridized carbons (Fsp3) is 0.206. The van der Waals surface area contributed by atoms with Gasteiger partial charge < -0.3 is 4.40 Å². The van der Waals surface area contributed by atoms with Crippen LogP contribution in [0.1, 0.15) is 26.3 Å². The van der Waals surface area contributed by atoms with E-state index in [0.717, 1.165) is 5.69 Å². The van der Waals surface area contributed by atoms with E-state index in [1.165, 1.54) is 64.9 Å². The molecule has 0 N–H and O–H groups in total. The maximum absolute atomic E-state index is 5.02. The number of para-hydroxylation sites is 1. The summed E-state index contributed by atoms with van der Waals surface area (Å²) < 4.78 is 2.47. The molecule has 0 aliphatic rings. The Labute approximate surface area is 219 Å². The van der Waals surface area contributed by atoms with Crippen molar-refractivity contribution in [3.63, 3.8) is 0 Å². The first-order valence-electron chi connectivity index (χ1n) is 12.9. The van der Waals surface area contributed by atoms with Gasteiger partial charge in [-0.1, -0.05) is 63.2 Å². The largest absolute Gasteiger partial charge is 0.308 e. The fourth-order valence-corrected chi connectivity index (χ4v) is 6.92. The number of rotatable bonds is 2. The van der Waals surface area contributed by atoms with Gasteiger partial charge in [0.15, 0.2) is 0 Å². The molecule has 0 saturated carbocycles. The summed E-state index contributed by atoms with van der Waals surface area (Å²) in [5.74, 6) is 0. The molecule has 0 spiro atoms. The molecule has 0 unspecified atom stereocenters. The van der Waals surface area contributed by atoms with Crippen molar-refractivity contribution in [2.24, 2.45) is 0 Å². The number of benzene rings is 4. The van der Waals surface area contributed by atoms with Crippen molar-refractivity contribution >= 4 is 58.9 Å². The predicted molar refractivity (Wildman–Crippen MR) is 164 cm³/mol. The molecule has 4 aromatic carbocycles. The number of aromatic nitrogens is 2. The van der Waals surface area contributed by atoms with Crippen LogP contribution in [0.3, 0.4) is 0 Å². The standard InChI is InChI=1S/C34H32N2S/c1-34(2,3)29-17-22(16-21-10-7-8-11-24(21)29)30-19-32-28(20-35-30)26-13-9-12-25-27-18-23(37(4,5)6)14-15-31(27)36(32)33(25)26/h7-20H,1-6H3. The van der Waals surface area contributed by atoms with Crippen molar-refractivity contribution < 1.29 is 0 Å². The molecule has 3 heterocycles. The Morgan fingerprint density at radius 3 is 2.16 bits per heavy atom. The zero-order valence-electron chi connectivity index (χ0n) is 22.4. The number of fused-ring (bicyclic) bond motifs is 7. The topological polar surface area (TPSA) is 17.3 Å². The van der Waals surface area contributed by atoms with Crippen LogP contribution in [0.2, 0.25) is 0 Å². The molecule has 184 valence electrons. The van der Waals surface area contributed by atoms with Crippen molar-refractivity contribution in [1.29, 1.82) is 0 Å². The zero-order chi connectivity index (χ0) is 25.7. The normalized spacial score (nSPS) is 13.6. The summed E-state index contributed by atoms with van der Waals surface area (Å²) >= 11 is 0. The van der Waals surface area contributed by atoms with Gasteiger partial charge in [-0.05, 0) is 81.8 Å². The Bertz CT molecular complexity index is 2000. The van der Waals surface area contributed by atoms with Gasteiger partial charge in [0.1, 0.15) is 0 Å². The summed E-state index contributed by atoms with van der Waals surface area (Å²) in [7, 11) is -0.803. The molecule has 0 bridgehead atoms. The molecule has 0 radical (unpaired) electrons. The smallest absolute Gasteiger partial charge is 0.0723 e. The highest BCUT2D eigenvalue weighted by atomic mass is 32.3. The highest BCUT2D eigenvalue weighted by Crippen LogP contribution is 2.48. The Hall–Kier alpha value is -3.56. The second-order valence-corrected chi connectivity index (χ2v) is 16.3. The van der Waals surface area contributed by atoms with Crippen molar-refractivity contribution in [2.75, 3.05) is 18.8 Å². The van der Waals surface area contributed by atoms with Gasteiger partial charge in [0, 0.05) is 33.3 Å². The quantitative estimate of drug-likeness (QED) is 0.231. The Kier molecular flexibility index (Phi) is 4.58. The molecule has 7 rings (SSSR count). The SMILES string of the molecule is CC(C)(C)c1cc(-c2cc3c(cn2)c2cccc4c5cc(S(C)(C)C)ccc5n3c42)cc2ccccc12. The summed E-state index contributed by atoms with van der Waals surface area (Å²) in [5.41, 5.74) is 7.41. The van der Waals surface area contributed by atoms with Crippen LogP contribution in [0.15, 0.2) is 90.0 Å². The van der Waals surface area contributed by atoms with E-state index in [2.05, 4.69) is 129 Å². The van der Waals surface area contributed by atoms with Crippen LogP contribution >= 0.6 is 10.0 Å². The second kappa shape index (κ2) is 7.49. The van der Waals surface area contributed by atoms with Crippen molar-refractivity contribution in [2.45, 2.75) is 31.1 Å². The van der Waals surface area contributed by atoms with E-state index in [0.29, 0.717) is 0 Å². The predicted octanol–water partition coefficient (Wildman–Crippen LogP) is 9.40. The molecule has 37 heavy (non-hydrogen) atoms. The maximum atomic E-state index is 5.02. The maximum Gasteiger partial charge on any atom is 0.0723 e. The highest BCUT2D eigenvalue weighted by Gasteiger charge is 2.21. The molecule has 0 aliphatic heterocycles. The molecule has 0 aliphatic carbocycles. The molecular formula is C34H32N2S. The first-order chi connectivity index (χ1) is 17.6. The molecule has 3 aromatic heterocycles. The van der Waals surface area contributed by atoms with Gasteiger partial charge in [-0.25, -0.2) is 10.0 Å². The van der Waals surface area contributed by atoms with Crippen LogP contribution in [0.5, 0.6) is 0 Å². The van der Waals surface area contributed by atoms with Gasteiger partial charge >= 0.3 is 0 Å². The van der Waals surface area contributed by atoms with Gasteiger partial charge in [0.05, 0.1) is 22.2 Å². The second-order valence-electron chi connectivity index (χ2n) is 12.1. The Morgan fingerprint density at radius 2 is 1.41 bits per heavy atom. The van der Waals surface area contributed by atoms with E-state index in [-0.39, 0.29) is 5.41 Å². The highest BCUT2D eigenvalue weighted by molar-refractivity contribution is 8.32. The summed E-state index contributed by atoms with van der Waals surface area (Å²) in [6, 6.07) is 29.5. The van der Waals surface area contributed by atoms with E-state index < -0.39 is 10.0 Å². The van der Waals surface area contributed by atoms with E-state index in [1.807, 2.05) is 0 Å². The monoisotopic (exact) mass is 500 g/mol. The van der Waals surface area contributed by atoms with Crippen LogP contribution < -0.4 is 0 Å². The minimum Gasteiger partial charge on any atom is -0.308 e. The molecule has 3 heteroatoms. The summed E-state index contributed by atoms with van der Waals surface area (Å²) in [6.45, 7) is 6.88. The van der Waals surface area contributed by atoms with E-state index in [4.69, 9.17) is 4.98 Å². The lowest BCUT2D eigenvalue weighted by Gasteiger charge is -2.25. The van der Waals surface area contributed by atoms with E-state index in [1.54, 1.807) is 0 Å². The van der Waals surface area contributed by atoms with Gasteiger partial charge in [0.2, 0.25) is 0 Å². The summed E-state index contributed by atoms with van der Waals surface area (Å²) in [5, 5.41) is 7.76. The van der Waals surface area contributed by atoms with Crippen molar-refractivity contribution in [3.05, 3.63) is 90.6 Å². The average Bonchev–Trinajstić information content (AvgIpc) is 3.38. The number of pyridine rings is 1. The molecular weight excluding hydrogens is 468 g/mol. The van der Waals surface area contributed by atoms with Gasteiger partial charge in [0.25, 0.3) is 0 Å². The number of hydrogen-bond donors (Lipinski definition) is 0. The number of nitrogens with zero attached hydrogens (tertiary/aromatic N) is 2. The van der Waals surface area contributed by atoms with Crippen LogP contribution in [0, 0.1) is 0 Å². The lowest BCUT2D eigenvalue weighted by atomic mass is 9.82. The fourth-order valence-electron chi connectivity index (χ4n) is 5.97. The third-order valence-electron chi connectivity index (χ3n) is 7.84. The van der Waals surface area contributed by atoms with Crippen molar-refractivity contribution in [1.82, 2.24) is 9.38 Å². The Balaban J connectivity index is 1.55. The van der Waals surface area contributed by atoms with Crippen molar-refractivity contribution in [3.8, 4) is 11.3 Å². The molecule has 0 saturated heterocycles. The number of hydrogen-bond acceptors (Lipinski definition) is 1. The molecule has 2 nitrogen and oxygen atoms in total. The third kappa shape index (κ3) is 3.30. The Morgan fingerprint density at radius 1 is 0.676 bits per heavy atom.